The van der Waals surface area contributed by atoms with Gasteiger partial charge in [-0.1, -0.05) is 18.5 Å². The van der Waals surface area contributed by atoms with Gasteiger partial charge in [-0.2, -0.15) is 0 Å². The maximum Gasteiger partial charge on any atom is 0.0652 e. The molecular weight excluding hydrogens is 172 g/mol. The first kappa shape index (κ1) is 9.36. The van der Waals surface area contributed by atoms with Gasteiger partial charge in [-0.05, 0) is 30.8 Å². The van der Waals surface area contributed by atoms with Crippen molar-refractivity contribution in [3.63, 3.8) is 0 Å². The van der Waals surface area contributed by atoms with Crippen LogP contribution in [-0.4, -0.2) is 13.2 Å². The lowest BCUT2D eigenvalue weighted by Gasteiger charge is -2.05. The maximum atomic E-state index is 5.73. The summed E-state index contributed by atoms with van der Waals surface area (Å²) in [5.41, 5.74) is 1.08. The number of benzene rings is 1. The topological polar surface area (TPSA) is 24.1 Å². The van der Waals surface area contributed by atoms with Gasteiger partial charge in [-0.15, -0.1) is 0 Å². The van der Waals surface area contributed by atoms with E-state index in [4.69, 9.17) is 11.6 Å². The Labute approximate surface area is 77.9 Å². The molecule has 0 heterocycles. The lowest BCUT2D eigenvalue weighted by atomic mass is 10.3. The minimum atomic E-state index is 0.768. The molecule has 0 aliphatic rings. The van der Waals surface area contributed by atoms with E-state index in [1.54, 1.807) is 0 Å². The Morgan fingerprint density at radius 2 is 1.92 bits per heavy atom. The van der Waals surface area contributed by atoms with E-state index >= 15 is 0 Å². The minimum Gasteiger partial charge on any atom is -0.372 e. The van der Waals surface area contributed by atoms with Gasteiger partial charge in [0, 0.05) is 10.7 Å². The van der Waals surface area contributed by atoms with Crippen LogP contribution in [-0.2, 0) is 0 Å². The molecule has 1 aromatic carbocycles. The van der Waals surface area contributed by atoms with Gasteiger partial charge in [0.1, 0.15) is 0 Å². The van der Waals surface area contributed by atoms with Crippen molar-refractivity contribution >= 4 is 17.3 Å². The molecule has 0 aliphatic heterocycles. The molecular formula is C9H13ClN2. The first-order valence-electron chi connectivity index (χ1n) is 4.03. The summed E-state index contributed by atoms with van der Waals surface area (Å²) in [7, 11) is 0. The van der Waals surface area contributed by atoms with E-state index in [0.717, 1.165) is 23.9 Å². The van der Waals surface area contributed by atoms with Crippen molar-refractivity contribution in [1.82, 2.24) is 5.32 Å². The third-order valence-corrected chi connectivity index (χ3v) is 1.76. The lowest BCUT2D eigenvalue weighted by molar-refractivity contribution is 0.771. The van der Waals surface area contributed by atoms with E-state index in [1.165, 1.54) is 0 Å². The van der Waals surface area contributed by atoms with Crippen molar-refractivity contribution < 1.29 is 0 Å². The van der Waals surface area contributed by atoms with Crippen molar-refractivity contribution in [2.45, 2.75) is 6.92 Å². The Morgan fingerprint density at radius 1 is 1.25 bits per heavy atom. The molecule has 0 unspecified atom stereocenters. The zero-order valence-corrected chi connectivity index (χ0v) is 7.86. The Kier molecular flexibility index (Phi) is 3.91. The van der Waals surface area contributed by atoms with Gasteiger partial charge in [-0.3, -0.25) is 0 Å². The minimum absolute atomic E-state index is 0.768. The fraction of sp³-hybridized carbons (Fsp3) is 0.333. The summed E-state index contributed by atoms with van der Waals surface area (Å²) < 4.78 is 0. The second-order valence-electron chi connectivity index (χ2n) is 2.46. The van der Waals surface area contributed by atoms with Gasteiger partial charge in [-0.25, -0.2) is 0 Å². The number of rotatable bonds is 4. The highest BCUT2D eigenvalue weighted by Crippen LogP contribution is 2.12. The fourth-order valence-electron chi connectivity index (χ4n) is 0.857. The van der Waals surface area contributed by atoms with Crippen molar-refractivity contribution in [2.75, 3.05) is 18.5 Å². The number of nitrogens with one attached hydrogen (secondary N) is 2. The number of hydrogen-bond donors (Lipinski definition) is 2. The third kappa shape index (κ3) is 3.11. The van der Waals surface area contributed by atoms with Gasteiger partial charge in [0.05, 0.1) is 6.67 Å². The maximum absolute atomic E-state index is 5.73. The predicted octanol–water partition coefficient (Wildman–Crippen LogP) is 2.32. The quantitative estimate of drug-likeness (QED) is 0.555. The fourth-order valence-corrected chi connectivity index (χ4v) is 0.983. The summed E-state index contributed by atoms with van der Waals surface area (Å²) in [6.07, 6.45) is 0. The van der Waals surface area contributed by atoms with Gasteiger partial charge in [0.15, 0.2) is 0 Å². The first-order chi connectivity index (χ1) is 5.83. The van der Waals surface area contributed by atoms with Crippen molar-refractivity contribution in [3.8, 4) is 0 Å². The average Bonchev–Trinajstić information content (AvgIpc) is 2.09. The zero-order valence-electron chi connectivity index (χ0n) is 7.10. The first-order valence-corrected chi connectivity index (χ1v) is 4.41. The van der Waals surface area contributed by atoms with Crippen molar-refractivity contribution in [1.29, 1.82) is 0 Å². The van der Waals surface area contributed by atoms with Crippen LogP contribution in [0.4, 0.5) is 5.69 Å². The Morgan fingerprint density at radius 3 is 2.50 bits per heavy atom. The highest BCUT2D eigenvalue weighted by atomic mass is 35.5. The van der Waals surface area contributed by atoms with Gasteiger partial charge >= 0.3 is 0 Å². The molecule has 3 heteroatoms. The Bertz CT molecular complexity index is 220. The van der Waals surface area contributed by atoms with Crippen molar-refractivity contribution in [3.05, 3.63) is 29.3 Å². The summed E-state index contributed by atoms with van der Waals surface area (Å²) in [6, 6.07) is 7.66. The van der Waals surface area contributed by atoms with Crippen LogP contribution in [0.15, 0.2) is 24.3 Å². The predicted molar refractivity (Wildman–Crippen MR) is 53.6 cm³/mol. The van der Waals surface area contributed by atoms with Gasteiger partial charge < -0.3 is 10.6 Å². The normalized spacial score (nSPS) is 9.83. The monoisotopic (exact) mass is 184 g/mol. The molecule has 0 bridgehead atoms. The molecule has 0 saturated heterocycles. The average molecular weight is 185 g/mol. The third-order valence-electron chi connectivity index (χ3n) is 1.51. The SMILES string of the molecule is CCNCNc1ccc(Cl)cc1. The van der Waals surface area contributed by atoms with Crippen LogP contribution in [0.1, 0.15) is 6.92 Å². The summed E-state index contributed by atoms with van der Waals surface area (Å²) in [5.74, 6) is 0. The molecule has 1 rings (SSSR count). The van der Waals surface area contributed by atoms with Crippen LogP contribution >= 0.6 is 11.6 Å². The molecule has 12 heavy (non-hydrogen) atoms. The smallest absolute Gasteiger partial charge is 0.0652 e. The van der Waals surface area contributed by atoms with E-state index in [2.05, 4.69) is 17.6 Å². The van der Waals surface area contributed by atoms with Crippen LogP contribution in [0.25, 0.3) is 0 Å². The number of anilines is 1. The molecule has 0 aromatic heterocycles. The number of halogens is 1. The van der Waals surface area contributed by atoms with E-state index < -0.39 is 0 Å². The van der Waals surface area contributed by atoms with Crippen molar-refractivity contribution in [2.24, 2.45) is 0 Å². The highest BCUT2D eigenvalue weighted by molar-refractivity contribution is 6.30. The van der Waals surface area contributed by atoms with Gasteiger partial charge in [0.25, 0.3) is 0 Å². The van der Waals surface area contributed by atoms with E-state index in [9.17, 15) is 0 Å². The van der Waals surface area contributed by atoms with Crippen LogP contribution in [0.3, 0.4) is 0 Å². The molecule has 0 radical (unpaired) electrons. The highest BCUT2D eigenvalue weighted by Gasteiger charge is 1.89. The van der Waals surface area contributed by atoms with E-state index in [1.807, 2.05) is 24.3 Å². The van der Waals surface area contributed by atoms with Crippen LogP contribution in [0.5, 0.6) is 0 Å². The van der Waals surface area contributed by atoms with E-state index in [-0.39, 0.29) is 0 Å². The lowest BCUT2D eigenvalue weighted by Crippen LogP contribution is -2.21. The standard InChI is InChI=1S/C9H13ClN2/c1-2-11-7-12-9-5-3-8(10)4-6-9/h3-6,11-12H,2,7H2,1H3. The molecule has 0 saturated carbocycles. The Balaban J connectivity index is 2.37. The molecule has 0 amide bonds. The second-order valence-corrected chi connectivity index (χ2v) is 2.90. The molecule has 0 atom stereocenters. The molecule has 2 nitrogen and oxygen atoms in total. The summed E-state index contributed by atoms with van der Waals surface area (Å²) >= 11 is 5.73. The molecule has 1 aromatic rings. The van der Waals surface area contributed by atoms with Crippen LogP contribution in [0.2, 0.25) is 5.02 Å². The molecule has 0 spiro atoms. The van der Waals surface area contributed by atoms with Gasteiger partial charge in [0.2, 0.25) is 0 Å². The molecule has 0 fully saturated rings. The zero-order chi connectivity index (χ0) is 8.81. The summed E-state index contributed by atoms with van der Waals surface area (Å²) in [6.45, 7) is 3.84. The molecule has 66 valence electrons. The van der Waals surface area contributed by atoms with Crippen LogP contribution < -0.4 is 10.6 Å². The molecule has 0 aliphatic carbocycles. The van der Waals surface area contributed by atoms with Crippen LogP contribution in [0, 0.1) is 0 Å². The summed E-state index contributed by atoms with van der Waals surface area (Å²) in [5, 5.41) is 7.14. The summed E-state index contributed by atoms with van der Waals surface area (Å²) in [4.78, 5) is 0. The Hall–Kier alpha value is -0.730. The second kappa shape index (κ2) is 5.01. The largest absolute Gasteiger partial charge is 0.372 e. The van der Waals surface area contributed by atoms with E-state index in [0.29, 0.717) is 0 Å². The number of hydrogen-bond acceptors (Lipinski definition) is 2. The molecule has 2 N–H and O–H groups in total.